The summed E-state index contributed by atoms with van der Waals surface area (Å²) in [4.78, 5) is 0. The lowest BCUT2D eigenvalue weighted by Gasteiger charge is -2.11. The van der Waals surface area contributed by atoms with Gasteiger partial charge in [0.2, 0.25) is 0 Å². The predicted octanol–water partition coefficient (Wildman–Crippen LogP) is 3.23. The maximum Gasteiger partial charge on any atom is 0.122 e. The second kappa shape index (κ2) is 7.29. The quantitative estimate of drug-likeness (QED) is 0.659. The molecule has 16 heavy (non-hydrogen) atoms. The summed E-state index contributed by atoms with van der Waals surface area (Å²) >= 11 is 0. The summed E-state index contributed by atoms with van der Waals surface area (Å²) < 4.78 is 11.0. The average Bonchev–Trinajstić information content (AvgIpc) is 2.34. The SMILES string of the molecule is CCOCCOc1cc(CC)ccc1CC. The van der Waals surface area contributed by atoms with Crippen LogP contribution >= 0.6 is 0 Å². The molecule has 0 aliphatic rings. The summed E-state index contributed by atoms with van der Waals surface area (Å²) in [6, 6.07) is 6.48. The van der Waals surface area contributed by atoms with Crippen LogP contribution in [0.4, 0.5) is 0 Å². The Balaban J connectivity index is 2.60. The fraction of sp³-hybridized carbons (Fsp3) is 0.571. The number of rotatable bonds is 7. The molecule has 1 aromatic rings. The van der Waals surface area contributed by atoms with Crippen LogP contribution < -0.4 is 4.74 Å². The van der Waals surface area contributed by atoms with Crippen LogP contribution in [0.2, 0.25) is 0 Å². The molecule has 0 unspecified atom stereocenters. The average molecular weight is 222 g/mol. The van der Waals surface area contributed by atoms with Crippen LogP contribution in [0.5, 0.6) is 5.75 Å². The van der Waals surface area contributed by atoms with Crippen molar-refractivity contribution in [1.82, 2.24) is 0 Å². The van der Waals surface area contributed by atoms with Crippen LogP contribution in [0.25, 0.3) is 0 Å². The van der Waals surface area contributed by atoms with Crippen molar-refractivity contribution in [2.45, 2.75) is 33.6 Å². The Morgan fingerprint density at radius 2 is 1.81 bits per heavy atom. The van der Waals surface area contributed by atoms with Gasteiger partial charge in [0, 0.05) is 6.61 Å². The topological polar surface area (TPSA) is 18.5 Å². The monoisotopic (exact) mass is 222 g/mol. The molecule has 2 nitrogen and oxygen atoms in total. The standard InChI is InChI=1S/C14H22O2/c1-4-12-7-8-13(5-2)14(11-12)16-10-9-15-6-3/h7-8,11H,4-6,9-10H2,1-3H3. The van der Waals surface area contributed by atoms with E-state index in [-0.39, 0.29) is 0 Å². The highest BCUT2D eigenvalue weighted by atomic mass is 16.5. The predicted molar refractivity (Wildman–Crippen MR) is 67.2 cm³/mol. The number of benzene rings is 1. The van der Waals surface area contributed by atoms with Crippen LogP contribution in [0.3, 0.4) is 0 Å². The summed E-state index contributed by atoms with van der Waals surface area (Å²) in [6.45, 7) is 8.35. The Hall–Kier alpha value is -1.02. The maximum atomic E-state index is 5.75. The smallest absolute Gasteiger partial charge is 0.122 e. The summed E-state index contributed by atoms with van der Waals surface area (Å²) in [6.07, 6.45) is 2.06. The molecular weight excluding hydrogens is 200 g/mol. The second-order valence-corrected chi connectivity index (χ2v) is 3.69. The third kappa shape index (κ3) is 3.86. The van der Waals surface area contributed by atoms with E-state index in [1.165, 1.54) is 11.1 Å². The van der Waals surface area contributed by atoms with Gasteiger partial charge < -0.3 is 9.47 Å². The molecule has 2 heteroatoms. The van der Waals surface area contributed by atoms with Gasteiger partial charge in [0.05, 0.1) is 6.61 Å². The van der Waals surface area contributed by atoms with Crippen LogP contribution in [0, 0.1) is 0 Å². The molecule has 0 bridgehead atoms. The molecule has 1 aromatic carbocycles. The van der Waals surface area contributed by atoms with Crippen LogP contribution in [0.15, 0.2) is 18.2 Å². The van der Waals surface area contributed by atoms with E-state index < -0.39 is 0 Å². The molecule has 0 heterocycles. The number of hydrogen-bond donors (Lipinski definition) is 0. The maximum absolute atomic E-state index is 5.75. The molecule has 90 valence electrons. The van der Waals surface area contributed by atoms with Crippen molar-refractivity contribution in [3.8, 4) is 5.75 Å². The third-order valence-electron chi connectivity index (χ3n) is 2.61. The summed E-state index contributed by atoms with van der Waals surface area (Å²) in [5, 5.41) is 0. The van der Waals surface area contributed by atoms with Gasteiger partial charge in [0.25, 0.3) is 0 Å². The first-order valence-corrected chi connectivity index (χ1v) is 6.14. The van der Waals surface area contributed by atoms with Crippen molar-refractivity contribution in [2.75, 3.05) is 19.8 Å². The number of ether oxygens (including phenoxy) is 2. The lowest BCUT2D eigenvalue weighted by molar-refractivity contribution is 0.110. The normalized spacial score (nSPS) is 10.4. The molecule has 0 aliphatic carbocycles. The van der Waals surface area contributed by atoms with E-state index in [0.29, 0.717) is 13.2 Å². The Morgan fingerprint density at radius 3 is 2.44 bits per heavy atom. The van der Waals surface area contributed by atoms with Crippen molar-refractivity contribution in [1.29, 1.82) is 0 Å². The highest BCUT2D eigenvalue weighted by Crippen LogP contribution is 2.21. The van der Waals surface area contributed by atoms with E-state index in [0.717, 1.165) is 25.2 Å². The largest absolute Gasteiger partial charge is 0.491 e. The molecule has 0 aliphatic heterocycles. The molecule has 0 aromatic heterocycles. The molecule has 0 amide bonds. The third-order valence-corrected chi connectivity index (χ3v) is 2.61. The highest BCUT2D eigenvalue weighted by Gasteiger charge is 2.03. The molecule has 1 rings (SSSR count). The van der Waals surface area contributed by atoms with Gasteiger partial charge in [-0.1, -0.05) is 26.0 Å². The van der Waals surface area contributed by atoms with E-state index in [4.69, 9.17) is 9.47 Å². The molecule has 0 fully saturated rings. The van der Waals surface area contributed by atoms with E-state index in [1.54, 1.807) is 0 Å². The lowest BCUT2D eigenvalue weighted by Crippen LogP contribution is -2.07. The Morgan fingerprint density at radius 1 is 1.00 bits per heavy atom. The minimum atomic E-state index is 0.633. The van der Waals surface area contributed by atoms with Gasteiger partial charge in [0.15, 0.2) is 0 Å². The van der Waals surface area contributed by atoms with Crippen LogP contribution in [0.1, 0.15) is 31.9 Å². The molecule has 0 radical (unpaired) electrons. The summed E-state index contributed by atoms with van der Waals surface area (Å²) in [5.74, 6) is 1.02. The molecule has 0 saturated heterocycles. The van der Waals surface area contributed by atoms with Gasteiger partial charge in [-0.15, -0.1) is 0 Å². The Bertz CT molecular complexity index is 308. The summed E-state index contributed by atoms with van der Waals surface area (Å²) in [7, 11) is 0. The van der Waals surface area contributed by atoms with Gasteiger partial charge in [-0.05, 0) is 37.0 Å². The minimum absolute atomic E-state index is 0.633. The van der Waals surface area contributed by atoms with Gasteiger partial charge in [0.1, 0.15) is 12.4 Å². The van der Waals surface area contributed by atoms with E-state index >= 15 is 0 Å². The second-order valence-electron chi connectivity index (χ2n) is 3.69. The first-order valence-electron chi connectivity index (χ1n) is 6.14. The van der Waals surface area contributed by atoms with Gasteiger partial charge in [-0.3, -0.25) is 0 Å². The fourth-order valence-electron chi connectivity index (χ4n) is 1.60. The van der Waals surface area contributed by atoms with Gasteiger partial charge in [-0.25, -0.2) is 0 Å². The van der Waals surface area contributed by atoms with E-state index in [9.17, 15) is 0 Å². The van der Waals surface area contributed by atoms with E-state index in [1.807, 2.05) is 6.92 Å². The zero-order valence-electron chi connectivity index (χ0n) is 10.6. The first kappa shape index (κ1) is 13.0. The van der Waals surface area contributed by atoms with Crippen molar-refractivity contribution in [3.63, 3.8) is 0 Å². The van der Waals surface area contributed by atoms with Crippen LogP contribution in [-0.2, 0) is 17.6 Å². The van der Waals surface area contributed by atoms with Crippen molar-refractivity contribution < 1.29 is 9.47 Å². The minimum Gasteiger partial charge on any atom is -0.491 e. The molecule has 0 atom stereocenters. The highest BCUT2D eigenvalue weighted by molar-refractivity contribution is 5.37. The Labute approximate surface area is 98.6 Å². The molecule has 0 spiro atoms. The van der Waals surface area contributed by atoms with Crippen molar-refractivity contribution in [2.24, 2.45) is 0 Å². The molecule has 0 N–H and O–H groups in total. The zero-order chi connectivity index (χ0) is 11.8. The molecular formula is C14H22O2. The molecule has 0 saturated carbocycles. The van der Waals surface area contributed by atoms with Crippen LogP contribution in [-0.4, -0.2) is 19.8 Å². The zero-order valence-corrected chi connectivity index (χ0v) is 10.6. The number of aryl methyl sites for hydroxylation is 2. The van der Waals surface area contributed by atoms with E-state index in [2.05, 4.69) is 32.0 Å². The van der Waals surface area contributed by atoms with Crippen molar-refractivity contribution in [3.05, 3.63) is 29.3 Å². The summed E-state index contributed by atoms with van der Waals surface area (Å²) in [5.41, 5.74) is 2.59. The number of hydrogen-bond acceptors (Lipinski definition) is 2. The van der Waals surface area contributed by atoms with Gasteiger partial charge in [-0.2, -0.15) is 0 Å². The first-order chi connectivity index (χ1) is 7.81. The van der Waals surface area contributed by atoms with Gasteiger partial charge >= 0.3 is 0 Å². The van der Waals surface area contributed by atoms with Crippen molar-refractivity contribution >= 4 is 0 Å². The lowest BCUT2D eigenvalue weighted by atomic mass is 10.1. The fourth-order valence-corrected chi connectivity index (χ4v) is 1.60. The Kier molecular flexibility index (Phi) is 5.94.